The van der Waals surface area contributed by atoms with Gasteiger partial charge in [0.25, 0.3) is 11.8 Å². The molecule has 0 aromatic heterocycles. The van der Waals surface area contributed by atoms with Gasteiger partial charge in [-0.2, -0.15) is 0 Å². The van der Waals surface area contributed by atoms with E-state index in [-0.39, 0.29) is 26.9 Å². The van der Waals surface area contributed by atoms with Gasteiger partial charge < -0.3 is 10.1 Å². The van der Waals surface area contributed by atoms with Gasteiger partial charge in [-0.05, 0) is 60.9 Å². The molecule has 1 aliphatic rings. The molecule has 0 bridgehead atoms. The van der Waals surface area contributed by atoms with Crippen LogP contribution < -0.4 is 15.0 Å². The fourth-order valence-corrected chi connectivity index (χ4v) is 4.38. The van der Waals surface area contributed by atoms with Crippen LogP contribution in [0, 0.1) is 6.92 Å². The SMILES string of the molecule is Cc1ccc(OC(=O)c2ccc(NC3=C(Cl)C(=O)N(c4cc(Cl)ccc4Cl)C3=O)cc2)c(C(C)(C)C)c1. The van der Waals surface area contributed by atoms with Crippen molar-refractivity contribution in [2.75, 3.05) is 10.2 Å². The third kappa shape index (κ3) is 5.52. The highest BCUT2D eigenvalue weighted by atomic mass is 35.5. The lowest BCUT2D eigenvalue weighted by atomic mass is 9.85. The summed E-state index contributed by atoms with van der Waals surface area (Å²) in [6.07, 6.45) is 0. The predicted octanol–water partition coefficient (Wildman–Crippen LogP) is 7.25. The van der Waals surface area contributed by atoms with Gasteiger partial charge in [0.05, 0.1) is 16.3 Å². The number of hydrogen-bond acceptors (Lipinski definition) is 5. The first-order valence-corrected chi connectivity index (χ1v) is 12.4. The molecule has 0 saturated heterocycles. The van der Waals surface area contributed by atoms with Crippen LogP contribution in [-0.4, -0.2) is 17.8 Å². The number of ether oxygens (including phenoxy) is 1. The monoisotopic (exact) mass is 556 g/mol. The molecule has 6 nitrogen and oxygen atoms in total. The van der Waals surface area contributed by atoms with E-state index < -0.39 is 17.8 Å². The Bertz CT molecular complexity index is 1460. The number of imide groups is 1. The van der Waals surface area contributed by atoms with Gasteiger partial charge in [-0.15, -0.1) is 0 Å². The van der Waals surface area contributed by atoms with Crippen molar-refractivity contribution in [1.82, 2.24) is 0 Å². The highest BCUT2D eigenvalue weighted by Gasteiger charge is 2.40. The van der Waals surface area contributed by atoms with Gasteiger partial charge in [0.15, 0.2) is 0 Å². The van der Waals surface area contributed by atoms with Crippen LogP contribution in [0.5, 0.6) is 5.75 Å². The maximum Gasteiger partial charge on any atom is 0.343 e. The molecule has 2 amide bonds. The lowest BCUT2D eigenvalue weighted by Gasteiger charge is -2.22. The second kappa shape index (κ2) is 10.2. The number of rotatable bonds is 5. The lowest BCUT2D eigenvalue weighted by Crippen LogP contribution is -2.32. The standard InChI is InChI=1S/C28H23Cl3N2O4/c1-15-5-12-22(19(13-15)28(2,3)4)37-27(36)16-6-9-18(10-7-16)32-24-23(31)25(34)33(26(24)35)21-14-17(29)8-11-20(21)30/h5-14,32H,1-4H3. The van der Waals surface area contributed by atoms with Crippen LogP contribution in [0.25, 0.3) is 0 Å². The van der Waals surface area contributed by atoms with E-state index in [0.29, 0.717) is 22.0 Å². The summed E-state index contributed by atoms with van der Waals surface area (Å²) in [4.78, 5) is 39.5. The van der Waals surface area contributed by atoms with Crippen LogP contribution >= 0.6 is 34.8 Å². The summed E-state index contributed by atoms with van der Waals surface area (Å²) in [5.74, 6) is -1.44. The Morgan fingerprint density at radius 1 is 0.892 bits per heavy atom. The molecular weight excluding hydrogens is 535 g/mol. The molecule has 0 fully saturated rings. The van der Waals surface area contributed by atoms with E-state index in [1.165, 1.54) is 12.1 Å². The average molecular weight is 558 g/mol. The molecule has 190 valence electrons. The first-order valence-electron chi connectivity index (χ1n) is 11.3. The molecule has 3 aromatic rings. The fraction of sp³-hybridized carbons (Fsp3) is 0.179. The molecule has 37 heavy (non-hydrogen) atoms. The largest absolute Gasteiger partial charge is 0.423 e. The molecule has 9 heteroatoms. The topological polar surface area (TPSA) is 75.7 Å². The summed E-state index contributed by atoms with van der Waals surface area (Å²) in [5, 5.41) is 3.05. The third-order valence-electron chi connectivity index (χ3n) is 5.71. The molecule has 1 N–H and O–H groups in total. The Balaban J connectivity index is 1.52. The maximum absolute atomic E-state index is 13.0. The number of nitrogens with one attached hydrogen (secondary N) is 1. The molecule has 1 aliphatic heterocycles. The summed E-state index contributed by atoms with van der Waals surface area (Å²) in [7, 11) is 0. The highest BCUT2D eigenvalue weighted by Crippen LogP contribution is 2.36. The number of halogens is 3. The minimum absolute atomic E-state index is 0.118. The van der Waals surface area contributed by atoms with Gasteiger partial charge in [0.2, 0.25) is 0 Å². The molecule has 0 spiro atoms. The fourth-order valence-electron chi connectivity index (χ4n) is 3.80. The van der Waals surface area contributed by atoms with Crippen LogP contribution in [0.1, 0.15) is 42.3 Å². The van der Waals surface area contributed by atoms with Crippen molar-refractivity contribution >= 4 is 64.0 Å². The first kappa shape index (κ1) is 26.7. The Labute approximate surface area is 229 Å². The zero-order valence-electron chi connectivity index (χ0n) is 20.5. The molecular formula is C28H23Cl3N2O4. The van der Waals surface area contributed by atoms with E-state index in [1.54, 1.807) is 36.4 Å². The van der Waals surface area contributed by atoms with Crippen molar-refractivity contribution in [1.29, 1.82) is 0 Å². The van der Waals surface area contributed by atoms with E-state index in [2.05, 4.69) is 26.1 Å². The van der Waals surface area contributed by atoms with Crippen LogP contribution in [0.3, 0.4) is 0 Å². The molecule has 0 atom stereocenters. The number of aryl methyl sites for hydroxylation is 1. The number of amides is 2. The van der Waals surface area contributed by atoms with Gasteiger partial charge in [-0.25, -0.2) is 9.69 Å². The average Bonchev–Trinajstić information content (AvgIpc) is 3.04. The minimum atomic E-state index is -0.730. The summed E-state index contributed by atoms with van der Waals surface area (Å²) >= 11 is 18.4. The van der Waals surface area contributed by atoms with Gasteiger partial charge in [-0.3, -0.25) is 9.59 Å². The van der Waals surface area contributed by atoms with Gasteiger partial charge in [0, 0.05) is 16.3 Å². The second-order valence-electron chi connectivity index (χ2n) is 9.57. The Morgan fingerprint density at radius 3 is 2.22 bits per heavy atom. The van der Waals surface area contributed by atoms with E-state index >= 15 is 0 Å². The predicted molar refractivity (Wildman–Crippen MR) is 147 cm³/mol. The van der Waals surface area contributed by atoms with Crippen molar-refractivity contribution in [3.05, 3.63) is 98.1 Å². The van der Waals surface area contributed by atoms with Gasteiger partial charge in [-0.1, -0.05) is 73.3 Å². The highest BCUT2D eigenvalue weighted by molar-refractivity contribution is 6.54. The number of esters is 1. The van der Waals surface area contributed by atoms with Crippen molar-refractivity contribution in [3.8, 4) is 5.75 Å². The molecule has 1 heterocycles. The van der Waals surface area contributed by atoms with Crippen LogP contribution in [0.4, 0.5) is 11.4 Å². The quantitative estimate of drug-likeness (QED) is 0.203. The van der Waals surface area contributed by atoms with Crippen molar-refractivity contribution in [2.45, 2.75) is 33.1 Å². The van der Waals surface area contributed by atoms with Crippen molar-refractivity contribution < 1.29 is 19.1 Å². The molecule has 0 aliphatic carbocycles. The zero-order valence-corrected chi connectivity index (χ0v) is 22.8. The van der Waals surface area contributed by atoms with E-state index in [4.69, 9.17) is 39.5 Å². The summed E-state index contributed by atoms with van der Waals surface area (Å²) in [6.45, 7) is 8.14. The van der Waals surface area contributed by atoms with Crippen molar-refractivity contribution in [3.63, 3.8) is 0 Å². The van der Waals surface area contributed by atoms with E-state index in [0.717, 1.165) is 16.0 Å². The van der Waals surface area contributed by atoms with E-state index in [1.807, 2.05) is 19.1 Å². The lowest BCUT2D eigenvalue weighted by molar-refractivity contribution is -0.120. The van der Waals surface area contributed by atoms with Crippen LogP contribution in [0.2, 0.25) is 10.0 Å². The normalized spacial score (nSPS) is 13.9. The molecule has 3 aromatic carbocycles. The second-order valence-corrected chi connectivity index (χ2v) is 10.8. The van der Waals surface area contributed by atoms with Crippen LogP contribution in [-0.2, 0) is 15.0 Å². The van der Waals surface area contributed by atoms with Crippen molar-refractivity contribution in [2.24, 2.45) is 0 Å². The third-order valence-corrected chi connectivity index (χ3v) is 6.62. The Kier molecular flexibility index (Phi) is 7.38. The number of anilines is 2. The van der Waals surface area contributed by atoms with E-state index in [9.17, 15) is 14.4 Å². The molecule has 0 radical (unpaired) electrons. The Morgan fingerprint density at radius 2 is 1.57 bits per heavy atom. The first-order chi connectivity index (χ1) is 17.4. The van der Waals surface area contributed by atoms with Gasteiger partial charge >= 0.3 is 5.97 Å². The summed E-state index contributed by atoms with van der Waals surface area (Å²) in [6, 6.07) is 16.4. The molecule has 0 saturated carbocycles. The number of benzene rings is 3. The van der Waals surface area contributed by atoms with Gasteiger partial charge in [0.1, 0.15) is 16.5 Å². The number of hydrogen-bond donors (Lipinski definition) is 1. The zero-order chi connectivity index (χ0) is 27.1. The maximum atomic E-state index is 13.0. The summed E-state index contributed by atoms with van der Waals surface area (Å²) in [5.41, 5.74) is 2.55. The smallest absolute Gasteiger partial charge is 0.343 e. The molecule has 4 rings (SSSR count). The van der Waals surface area contributed by atoms with Crippen LogP contribution in [0.15, 0.2) is 71.4 Å². The summed E-state index contributed by atoms with van der Waals surface area (Å²) < 4.78 is 5.70. The number of carbonyl (C=O) groups is 3. The number of nitrogens with zero attached hydrogens (tertiary/aromatic N) is 1. The Hall–Kier alpha value is -3.32. The molecule has 0 unspecified atom stereocenters. The minimum Gasteiger partial charge on any atom is -0.423 e. The number of carbonyl (C=O) groups excluding carboxylic acids is 3.